The summed E-state index contributed by atoms with van der Waals surface area (Å²) in [7, 11) is -4.31. The van der Waals surface area contributed by atoms with Crippen LogP contribution in [0.15, 0.2) is 17.0 Å². The van der Waals surface area contributed by atoms with E-state index in [0.717, 1.165) is 30.5 Å². The minimum atomic E-state index is -4.31. The number of nitrogens with zero attached hydrogens (tertiary/aromatic N) is 1. The van der Waals surface area contributed by atoms with Crippen molar-refractivity contribution in [1.29, 1.82) is 0 Å². The van der Waals surface area contributed by atoms with Crippen molar-refractivity contribution in [2.24, 2.45) is 0 Å². The van der Waals surface area contributed by atoms with Crippen LogP contribution < -0.4 is 4.72 Å². The fraction of sp³-hybridized carbons (Fsp3) is 0.308. The Labute approximate surface area is 124 Å². The van der Waals surface area contributed by atoms with E-state index in [1.54, 1.807) is 0 Å². The second kappa shape index (κ2) is 5.40. The number of hydrogen-bond donors (Lipinski definition) is 2. The number of H-pyrrole nitrogens is 1. The van der Waals surface area contributed by atoms with Gasteiger partial charge in [-0.05, 0) is 37.0 Å². The summed E-state index contributed by atoms with van der Waals surface area (Å²) in [6.07, 6.45) is 2.61. The Morgan fingerprint density at radius 3 is 2.73 bits per heavy atom. The van der Waals surface area contributed by atoms with E-state index >= 15 is 0 Å². The molecule has 0 atom stereocenters. The van der Waals surface area contributed by atoms with Crippen molar-refractivity contribution < 1.29 is 21.6 Å². The Bertz CT molecular complexity index is 833. The van der Waals surface area contributed by atoms with Gasteiger partial charge in [0.1, 0.15) is 4.90 Å². The average Bonchev–Trinajstić information content (AvgIpc) is 3.06. The number of hydrogen-bond acceptors (Lipinski definition) is 3. The first-order chi connectivity index (χ1) is 10.4. The van der Waals surface area contributed by atoms with E-state index in [2.05, 4.69) is 14.9 Å². The standard InChI is InChI=1S/C13H12F3N3O2S/c14-8-4-5-11(13(16)12(8)15)22(20,21)17-6-10-7-2-1-3-9(7)18-19-10/h4-5,17H,1-3,6H2,(H,18,19). The fourth-order valence-corrected chi connectivity index (χ4v) is 3.55. The third-order valence-corrected chi connectivity index (χ3v) is 5.03. The van der Waals surface area contributed by atoms with Gasteiger partial charge in [0.15, 0.2) is 17.5 Å². The number of benzene rings is 1. The van der Waals surface area contributed by atoms with Crippen LogP contribution >= 0.6 is 0 Å². The summed E-state index contributed by atoms with van der Waals surface area (Å²) in [5, 5.41) is 6.83. The van der Waals surface area contributed by atoms with Crippen LogP contribution in [0.4, 0.5) is 13.2 Å². The third kappa shape index (κ3) is 2.50. The number of rotatable bonds is 4. The lowest BCUT2D eigenvalue weighted by molar-refractivity contribution is 0.431. The molecule has 0 bridgehead atoms. The third-order valence-electron chi connectivity index (χ3n) is 3.61. The highest BCUT2D eigenvalue weighted by Crippen LogP contribution is 2.24. The van der Waals surface area contributed by atoms with E-state index in [1.807, 2.05) is 0 Å². The first-order valence-corrected chi connectivity index (χ1v) is 8.06. The van der Waals surface area contributed by atoms with E-state index < -0.39 is 32.4 Å². The van der Waals surface area contributed by atoms with Crippen LogP contribution in [0.2, 0.25) is 0 Å². The molecule has 3 rings (SSSR count). The molecule has 1 aliphatic carbocycles. The van der Waals surface area contributed by atoms with E-state index in [-0.39, 0.29) is 6.54 Å². The highest BCUT2D eigenvalue weighted by molar-refractivity contribution is 7.89. The molecule has 0 fully saturated rings. The molecule has 0 radical (unpaired) electrons. The molecule has 0 spiro atoms. The summed E-state index contributed by atoms with van der Waals surface area (Å²) in [5.41, 5.74) is 2.45. The molecule has 1 aliphatic rings. The molecular weight excluding hydrogens is 319 g/mol. The highest BCUT2D eigenvalue weighted by Gasteiger charge is 2.25. The first kappa shape index (κ1) is 15.0. The summed E-state index contributed by atoms with van der Waals surface area (Å²) < 4.78 is 65.8. The SMILES string of the molecule is O=S(=O)(NCc1n[nH]c2c1CCC2)c1ccc(F)c(F)c1F. The van der Waals surface area contributed by atoms with Crippen LogP contribution in [0.25, 0.3) is 0 Å². The van der Waals surface area contributed by atoms with Gasteiger partial charge in [-0.25, -0.2) is 26.3 Å². The molecule has 0 unspecified atom stereocenters. The lowest BCUT2D eigenvalue weighted by Crippen LogP contribution is -2.25. The maximum Gasteiger partial charge on any atom is 0.243 e. The number of aromatic amines is 1. The monoisotopic (exact) mass is 331 g/mol. The van der Waals surface area contributed by atoms with Crippen LogP contribution in [0.3, 0.4) is 0 Å². The van der Waals surface area contributed by atoms with Crippen molar-refractivity contribution >= 4 is 10.0 Å². The summed E-state index contributed by atoms with van der Waals surface area (Å²) in [6, 6.07) is 1.25. The number of halogens is 3. The van der Waals surface area contributed by atoms with Gasteiger partial charge in [-0.2, -0.15) is 5.10 Å². The quantitative estimate of drug-likeness (QED) is 0.839. The van der Waals surface area contributed by atoms with Crippen LogP contribution in [0.5, 0.6) is 0 Å². The Morgan fingerprint density at radius 1 is 1.18 bits per heavy atom. The molecule has 118 valence electrons. The van der Waals surface area contributed by atoms with Crippen LogP contribution in [0, 0.1) is 17.5 Å². The number of fused-ring (bicyclic) bond motifs is 1. The molecule has 1 aromatic carbocycles. The van der Waals surface area contributed by atoms with E-state index in [1.165, 1.54) is 0 Å². The molecule has 0 saturated heterocycles. The first-order valence-electron chi connectivity index (χ1n) is 6.58. The van der Waals surface area contributed by atoms with Crippen molar-refractivity contribution in [3.63, 3.8) is 0 Å². The maximum atomic E-state index is 13.6. The lowest BCUT2D eigenvalue weighted by Gasteiger charge is -2.08. The van der Waals surface area contributed by atoms with Gasteiger partial charge in [0.05, 0.1) is 12.2 Å². The maximum absolute atomic E-state index is 13.6. The fourth-order valence-electron chi connectivity index (χ4n) is 2.49. The zero-order valence-corrected chi connectivity index (χ0v) is 12.1. The molecule has 0 saturated carbocycles. The van der Waals surface area contributed by atoms with Gasteiger partial charge in [-0.15, -0.1) is 0 Å². The molecule has 0 amide bonds. The second-order valence-electron chi connectivity index (χ2n) is 4.98. The Morgan fingerprint density at radius 2 is 1.95 bits per heavy atom. The van der Waals surface area contributed by atoms with Crippen molar-refractivity contribution in [2.45, 2.75) is 30.7 Å². The minimum Gasteiger partial charge on any atom is -0.282 e. The number of aryl methyl sites for hydroxylation is 1. The van der Waals surface area contributed by atoms with Gasteiger partial charge < -0.3 is 0 Å². The molecule has 5 nitrogen and oxygen atoms in total. The van der Waals surface area contributed by atoms with Crippen LogP contribution in [-0.4, -0.2) is 18.6 Å². The largest absolute Gasteiger partial charge is 0.282 e. The summed E-state index contributed by atoms with van der Waals surface area (Å²) in [6.45, 7) is -0.146. The normalized spacial score (nSPS) is 14.3. The zero-order chi connectivity index (χ0) is 15.9. The Balaban J connectivity index is 1.84. The minimum absolute atomic E-state index is 0.146. The summed E-state index contributed by atoms with van der Waals surface area (Å²) >= 11 is 0. The lowest BCUT2D eigenvalue weighted by atomic mass is 10.2. The van der Waals surface area contributed by atoms with Crippen molar-refractivity contribution in [3.05, 3.63) is 46.5 Å². The molecule has 1 heterocycles. The number of sulfonamides is 1. The molecule has 9 heteroatoms. The van der Waals surface area contributed by atoms with Crippen LogP contribution in [-0.2, 0) is 29.4 Å². The number of aromatic nitrogens is 2. The van der Waals surface area contributed by atoms with Crippen molar-refractivity contribution in [1.82, 2.24) is 14.9 Å². The van der Waals surface area contributed by atoms with E-state index in [4.69, 9.17) is 0 Å². The zero-order valence-electron chi connectivity index (χ0n) is 11.3. The predicted molar refractivity (Wildman–Crippen MR) is 71.0 cm³/mol. The second-order valence-corrected chi connectivity index (χ2v) is 6.71. The van der Waals surface area contributed by atoms with Gasteiger partial charge in [0.25, 0.3) is 0 Å². The van der Waals surface area contributed by atoms with Gasteiger partial charge in [-0.1, -0.05) is 0 Å². The molecule has 2 N–H and O–H groups in total. The molecular formula is C13H12F3N3O2S. The summed E-state index contributed by atoms with van der Waals surface area (Å²) in [5.74, 6) is -5.00. The van der Waals surface area contributed by atoms with E-state index in [9.17, 15) is 21.6 Å². The predicted octanol–water partition coefficient (Wildman–Crippen LogP) is 1.79. The van der Waals surface area contributed by atoms with Crippen molar-refractivity contribution in [2.75, 3.05) is 0 Å². The smallest absolute Gasteiger partial charge is 0.243 e. The van der Waals surface area contributed by atoms with Crippen molar-refractivity contribution in [3.8, 4) is 0 Å². The van der Waals surface area contributed by atoms with Gasteiger partial charge in [0, 0.05) is 5.69 Å². The summed E-state index contributed by atoms with van der Waals surface area (Å²) in [4.78, 5) is -0.932. The Hall–Kier alpha value is -1.87. The van der Waals surface area contributed by atoms with E-state index in [0.29, 0.717) is 17.8 Å². The topological polar surface area (TPSA) is 74.8 Å². The average molecular weight is 331 g/mol. The highest BCUT2D eigenvalue weighted by atomic mass is 32.2. The Kier molecular flexibility index (Phi) is 3.69. The van der Waals surface area contributed by atoms with Gasteiger partial charge >= 0.3 is 0 Å². The van der Waals surface area contributed by atoms with Gasteiger partial charge in [-0.3, -0.25) is 5.10 Å². The number of nitrogens with one attached hydrogen (secondary N) is 2. The van der Waals surface area contributed by atoms with Gasteiger partial charge in [0.2, 0.25) is 10.0 Å². The molecule has 22 heavy (non-hydrogen) atoms. The molecule has 2 aromatic rings. The molecule has 1 aromatic heterocycles. The molecule has 0 aliphatic heterocycles. The van der Waals surface area contributed by atoms with Crippen LogP contribution in [0.1, 0.15) is 23.4 Å².